The molecule has 1 aliphatic rings. The highest BCUT2D eigenvalue weighted by molar-refractivity contribution is 8.77. The Labute approximate surface area is 58.5 Å². The summed E-state index contributed by atoms with van der Waals surface area (Å²) in [5.41, 5.74) is 0. The predicted molar refractivity (Wildman–Crippen MR) is 43.3 cm³/mol. The molecule has 1 rings (SSSR count). The van der Waals surface area contributed by atoms with Crippen LogP contribution in [0.2, 0.25) is 0 Å². The summed E-state index contributed by atoms with van der Waals surface area (Å²) in [7, 11) is 3.95. The highest BCUT2D eigenvalue weighted by Crippen LogP contribution is 2.32. The molecule has 0 aliphatic carbocycles. The maximum Gasteiger partial charge on any atom is 0.0328 e. The van der Waals surface area contributed by atoms with E-state index in [1.807, 2.05) is 21.6 Å². The molecule has 0 nitrogen and oxygen atoms in total. The summed E-state index contributed by atoms with van der Waals surface area (Å²) in [6.45, 7) is 2.23. The van der Waals surface area contributed by atoms with Crippen LogP contribution in [-0.2, 0) is 0 Å². The van der Waals surface area contributed by atoms with Gasteiger partial charge in [-0.3, -0.25) is 0 Å². The third-order valence-corrected chi connectivity index (χ3v) is 3.87. The predicted octanol–water partition coefficient (Wildman–Crippen LogP) is 2.72. The topological polar surface area (TPSA) is 0 Å². The molecule has 0 aromatic rings. The molecule has 0 spiro atoms. The van der Waals surface area contributed by atoms with Crippen molar-refractivity contribution >= 4 is 21.6 Å². The zero-order chi connectivity index (χ0) is 5.82. The molecule has 0 aromatic carbocycles. The van der Waals surface area contributed by atoms with Gasteiger partial charge in [0.05, 0.1) is 0 Å². The van der Waals surface area contributed by atoms with E-state index in [1.165, 1.54) is 12.2 Å². The Morgan fingerprint density at radius 3 is 3.00 bits per heavy atom. The van der Waals surface area contributed by atoms with Crippen LogP contribution in [0.15, 0.2) is 12.2 Å². The van der Waals surface area contributed by atoms with E-state index in [2.05, 4.69) is 19.1 Å². The molecule has 0 bridgehead atoms. The van der Waals surface area contributed by atoms with Crippen molar-refractivity contribution in [1.29, 1.82) is 0 Å². The van der Waals surface area contributed by atoms with E-state index in [0.717, 1.165) is 5.25 Å². The molecule has 1 aliphatic heterocycles. The van der Waals surface area contributed by atoms with Gasteiger partial charge in [-0.1, -0.05) is 40.7 Å². The van der Waals surface area contributed by atoms with Crippen molar-refractivity contribution in [3.63, 3.8) is 0 Å². The Morgan fingerprint density at radius 1 is 1.75 bits per heavy atom. The van der Waals surface area contributed by atoms with E-state index >= 15 is 0 Å². The van der Waals surface area contributed by atoms with E-state index in [4.69, 9.17) is 0 Å². The zero-order valence-electron chi connectivity index (χ0n) is 4.96. The van der Waals surface area contributed by atoms with E-state index in [0.29, 0.717) is 0 Å². The van der Waals surface area contributed by atoms with Crippen LogP contribution in [0.25, 0.3) is 0 Å². The largest absolute Gasteiger partial charge is 0.0894 e. The molecule has 0 radical (unpaired) electrons. The summed E-state index contributed by atoms with van der Waals surface area (Å²) < 4.78 is 0. The second-order valence-electron chi connectivity index (χ2n) is 1.76. The second-order valence-corrected chi connectivity index (χ2v) is 4.41. The van der Waals surface area contributed by atoms with Crippen molar-refractivity contribution in [3.05, 3.63) is 12.2 Å². The van der Waals surface area contributed by atoms with Crippen LogP contribution < -0.4 is 0 Å². The fourth-order valence-electron chi connectivity index (χ4n) is 0.609. The molecule has 2 heteroatoms. The van der Waals surface area contributed by atoms with Gasteiger partial charge in [0.15, 0.2) is 0 Å². The highest BCUT2D eigenvalue weighted by atomic mass is 33.1. The monoisotopic (exact) mass is 146 g/mol. The van der Waals surface area contributed by atoms with E-state index < -0.39 is 0 Å². The lowest BCUT2D eigenvalue weighted by molar-refractivity contribution is 0.980. The average Bonchev–Trinajstić information content (AvgIpc) is 1.90. The van der Waals surface area contributed by atoms with Crippen LogP contribution in [0.1, 0.15) is 13.3 Å². The normalized spacial score (nSPS) is 28.4. The van der Waals surface area contributed by atoms with Gasteiger partial charge in [-0.05, 0) is 6.42 Å². The molecule has 8 heavy (non-hydrogen) atoms. The van der Waals surface area contributed by atoms with Gasteiger partial charge >= 0.3 is 0 Å². The molecule has 0 aromatic heterocycles. The standard InChI is InChI=1S/C6H10S2/c1-2-6-4-3-5-7-8-6/h3-4,6H,2,5H2,1H3. The summed E-state index contributed by atoms with van der Waals surface area (Å²) in [4.78, 5) is 0. The maximum absolute atomic E-state index is 2.31. The Kier molecular flexibility index (Phi) is 2.84. The number of hydrogen-bond donors (Lipinski definition) is 0. The third kappa shape index (κ3) is 1.75. The fourth-order valence-corrected chi connectivity index (χ4v) is 2.96. The summed E-state index contributed by atoms with van der Waals surface area (Å²) in [5, 5.41) is 0.786. The van der Waals surface area contributed by atoms with Crippen molar-refractivity contribution in [2.24, 2.45) is 0 Å². The first-order valence-corrected chi connectivity index (χ1v) is 5.26. The first kappa shape index (κ1) is 6.56. The van der Waals surface area contributed by atoms with E-state index in [-0.39, 0.29) is 0 Å². The molecule has 0 N–H and O–H groups in total. The van der Waals surface area contributed by atoms with Crippen LogP contribution in [0.3, 0.4) is 0 Å². The fraction of sp³-hybridized carbons (Fsp3) is 0.667. The molecule has 0 amide bonds. The van der Waals surface area contributed by atoms with Crippen molar-refractivity contribution in [2.75, 3.05) is 5.75 Å². The lowest BCUT2D eigenvalue weighted by atomic mass is 10.3. The van der Waals surface area contributed by atoms with Crippen molar-refractivity contribution < 1.29 is 0 Å². The number of rotatable bonds is 1. The minimum atomic E-state index is 0.786. The van der Waals surface area contributed by atoms with E-state index in [9.17, 15) is 0 Å². The Hall–Kier alpha value is 0.440. The molecule has 0 fully saturated rings. The molecule has 0 saturated heterocycles. The molecule has 1 atom stereocenters. The van der Waals surface area contributed by atoms with Crippen LogP contribution in [-0.4, -0.2) is 11.0 Å². The minimum absolute atomic E-state index is 0.786. The first-order chi connectivity index (χ1) is 3.93. The quantitative estimate of drug-likeness (QED) is 0.412. The summed E-state index contributed by atoms with van der Waals surface area (Å²) in [6.07, 6.45) is 5.84. The lowest BCUT2D eigenvalue weighted by Crippen LogP contribution is -1.96. The van der Waals surface area contributed by atoms with Crippen molar-refractivity contribution in [3.8, 4) is 0 Å². The van der Waals surface area contributed by atoms with Gasteiger partial charge in [-0.15, -0.1) is 0 Å². The smallest absolute Gasteiger partial charge is 0.0328 e. The van der Waals surface area contributed by atoms with Crippen LogP contribution in [0, 0.1) is 0 Å². The van der Waals surface area contributed by atoms with Gasteiger partial charge in [0, 0.05) is 11.0 Å². The molecule has 46 valence electrons. The maximum atomic E-state index is 2.31. The van der Waals surface area contributed by atoms with Gasteiger partial charge in [0.1, 0.15) is 0 Å². The Morgan fingerprint density at radius 2 is 2.62 bits per heavy atom. The molecular weight excluding hydrogens is 136 g/mol. The second kappa shape index (κ2) is 3.46. The SMILES string of the molecule is CCC1C=CCSS1. The first-order valence-electron chi connectivity index (χ1n) is 2.88. The third-order valence-electron chi connectivity index (χ3n) is 1.11. The van der Waals surface area contributed by atoms with Gasteiger partial charge in [-0.25, -0.2) is 0 Å². The molecule has 0 saturated carbocycles. The Balaban J connectivity index is 2.32. The van der Waals surface area contributed by atoms with Gasteiger partial charge < -0.3 is 0 Å². The summed E-state index contributed by atoms with van der Waals surface area (Å²) >= 11 is 0. The van der Waals surface area contributed by atoms with Crippen molar-refractivity contribution in [1.82, 2.24) is 0 Å². The van der Waals surface area contributed by atoms with Gasteiger partial charge in [-0.2, -0.15) is 0 Å². The van der Waals surface area contributed by atoms with E-state index in [1.54, 1.807) is 0 Å². The summed E-state index contributed by atoms with van der Waals surface area (Å²) in [6, 6.07) is 0. The van der Waals surface area contributed by atoms with Gasteiger partial charge in [0.2, 0.25) is 0 Å². The van der Waals surface area contributed by atoms with Crippen molar-refractivity contribution in [2.45, 2.75) is 18.6 Å². The highest BCUT2D eigenvalue weighted by Gasteiger charge is 2.04. The minimum Gasteiger partial charge on any atom is -0.0894 e. The molecule has 1 heterocycles. The van der Waals surface area contributed by atoms with Crippen LogP contribution in [0.5, 0.6) is 0 Å². The van der Waals surface area contributed by atoms with Gasteiger partial charge in [0.25, 0.3) is 0 Å². The van der Waals surface area contributed by atoms with Crippen LogP contribution >= 0.6 is 21.6 Å². The lowest BCUT2D eigenvalue weighted by Gasteiger charge is -2.11. The summed E-state index contributed by atoms with van der Waals surface area (Å²) in [5.74, 6) is 1.20. The molecular formula is C6H10S2. The van der Waals surface area contributed by atoms with Crippen LogP contribution in [0.4, 0.5) is 0 Å². The number of hydrogen-bond acceptors (Lipinski definition) is 2. The molecule has 1 unspecified atom stereocenters. The zero-order valence-corrected chi connectivity index (χ0v) is 6.60. The Bertz CT molecular complexity index is 88.5. The average molecular weight is 146 g/mol.